The van der Waals surface area contributed by atoms with Gasteiger partial charge in [0.25, 0.3) is 0 Å². The lowest BCUT2D eigenvalue weighted by Gasteiger charge is -2.25. The standard InChI is InChI=1S/C12H20N4O3/c1-9(11(17)18)7-15(3)12(19)16(4)8-10-13-5-6-14(10)2/h5-6,9H,7-8H2,1-4H3,(H,17,18). The summed E-state index contributed by atoms with van der Waals surface area (Å²) >= 11 is 0. The summed E-state index contributed by atoms with van der Waals surface area (Å²) in [6, 6.07) is -0.226. The number of rotatable bonds is 5. The lowest BCUT2D eigenvalue weighted by molar-refractivity contribution is -0.141. The number of carboxylic acid groups (broad SMARTS) is 1. The highest BCUT2D eigenvalue weighted by molar-refractivity contribution is 5.75. The van der Waals surface area contributed by atoms with Crippen molar-refractivity contribution in [3.05, 3.63) is 18.2 Å². The van der Waals surface area contributed by atoms with Crippen LogP contribution in [-0.4, -0.2) is 57.1 Å². The van der Waals surface area contributed by atoms with Crippen molar-refractivity contribution in [2.75, 3.05) is 20.6 Å². The Morgan fingerprint density at radius 2 is 2.05 bits per heavy atom. The minimum Gasteiger partial charge on any atom is -0.481 e. The minimum absolute atomic E-state index is 0.180. The quantitative estimate of drug-likeness (QED) is 0.849. The lowest BCUT2D eigenvalue weighted by Crippen LogP contribution is -2.41. The van der Waals surface area contributed by atoms with Crippen LogP contribution in [0, 0.1) is 5.92 Å². The Kier molecular flexibility index (Phi) is 4.91. The predicted molar refractivity (Wildman–Crippen MR) is 69.5 cm³/mol. The van der Waals surface area contributed by atoms with Gasteiger partial charge in [-0.15, -0.1) is 0 Å². The number of nitrogens with zero attached hydrogens (tertiary/aromatic N) is 4. The van der Waals surface area contributed by atoms with Crippen LogP contribution in [0.2, 0.25) is 0 Å². The van der Waals surface area contributed by atoms with Gasteiger partial charge in [-0.2, -0.15) is 0 Å². The van der Waals surface area contributed by atoms with Gasteiger partial charge in [-0.3, -0.25) is 4.79 Å². The number of aryl methyl sites for hydroxylation is 1. The summed E-state index contributed by atoms with van der Waals surface area (Å²) in [6.45, 7) is 2.14. The van der Waals surface area contributed by atoms with Crippen molar-refractivity contribution < 1.29 is 14.7 Å². The fraction of sp³-hybridized carbons (Fsp3) is 0.583. The second-order valence-electron chi connectivity index (χ2n) is 4.71. The molecule has 106 valence electrons. The highest BCUT2D eigenvalue weighted by Gasteiger charge is 2.20. The number of carboxylic acids is 1. The monoisotopic (exact) mass is 268 g/mol. The van der Waals surface area contributed by atoms with Crippen LogP contribution in [0.5, 0.6) is 0 Å². The first-order valence-corrected chi connectivity index (χ1v) is 5.98. The molecule has 0 saturated carbocycles. The van der Waals surface area contributed by atoms with Gasteiger partial charge in [0.05, 0.1) is 12.5 Å². The van der Waals surface area contributed by atoms with Crippen LogP contribution >= 0.6 is 0 Å². The van der Waals surface area contributed by atoms with Gasteiger partial charge in [0.2, 0.25) is 0 Å². The average molecular weight is 268 g/mol. The molecule has 1 aromatic rings. The van der Waals surface area contributed by atoms with E-state index in [9.17, 15) is 9.59 Å². The summed E-state index contributed by atoms with van der Waals surface area (Å²) < 4.78 is 1.84. The van der Waals surface area contributed by atoms with E-state index in [1.165, 1.54) is 9.80 Å². The molecule has 7 heteroatoms. The molecule has 19 heavy (non-hydrogen) atoms. The van der Waals surface area contributed by atoms with Gasteiger partial charge < -0.3 is 19.5 Å². The van der Waals surface area contributed by atoms with Crippen LogP contribution in [0.15, 0.2) is 12.4 Å². The Bertz CT molecular complexity index is 458. The third kappa shape index (κ3) is 3.97. The molecule has 0 aliphatic rings. The Balaban J connectivity index is 2.57. The number of hydrogen-bond acceptors (Lipinski definition) is 3. The first kappa shape index (κ1) is 15.0. The Labute approximate surface area is 112 Å². The van der Waals surface area contributed by atoms with Crippen LogP contribution < -0.4 is 0 Å². The third-order valence-corrected chi connectivity index (χ3v) is 2.92. The molecule has 7 nitrogen and oxygen atoms in total. The Morgan fingerprint density at radius 3 is 2.53 bits per heavy atom. The maximum Gasteiger partial charge on any atom is 0.319 e. The zero-order valence-corrected chi connectivity index (χ0v) is 11.7. The van der Waals surface area contributed by atoms with E-state index in [2.05, 4.69) is 4.98 Å². The topological polar surface area (TPSA) is 78.7 Å². The van der Waals surface area contributed by atoms with Gasteiger partial charge >= 0.3 is 12.0 Å². The first-order chi connectivity index (χ1) is 8.82. The van der Waals surface area contributed by atoms with Crippen LogP contribution in [0.1, 0.15) is 12.7 Å². The summed E-state index contributed by atoms with van der Waals surface area (Å²) in [7, 11) is 5.12. The molecule has 0 spiro atoms. The normalized spacial score (nSPS) is 12.0. The molecule has 1 N–H and O–H groups in total. The van der Waals surface area contributed by atoms with E-state index in [-0.39, 0.29) is 12.6 Å². The molecule has 1 unspecified atom stereocenters. The lowest BCUT2D eigenvalue weighted by atomic mass is 10.2. The van der Waals surface area contributed by atoms with Crippen molar-refractivity contribution in [2.45, 2.75) is 13.5 Å². The summed E-state index contributed by atoms with van der Waals surface area (Å²) in [5.74, 6) is -0.725. The summed E-state index contributed by atoms with van der Waals surface area (Å²) in [5, 5.41) is 8.83. The molecule has 1 aromatic heterocycles. The fourth-order valence-electron chi connectivity index (χ4n) is 1.69. The van der Waals surface area contributed by atoms with E-state index in [4.69, 9.17) is 5.11 Å². The molecular weight excluding hydrogens is 248 g/mol. The highest BCUT2D eigenvalue weighted by Crippen LogP contribution is 2.05. The largest absolute Gasteiger partial charge is 0.481 e. The van der Waals surface area contributed by atoms with E-state index in [1.807, 2.05) is 17.8 Å². The van der Waals surface area contributed by atoms with E-state index in [0.717, 1.165) is 5.82 Å². The smallest absolute Gasteiger partial charge is 0.319 e. The Morgan fingerprint density at radius 1 is 1.42 bits per heavy atom. The van der Waals surface area contributed by atoms with Crippen molar-refractivity contribution >= 4 is 12.0 Å². The number of carbonyl (C=O) groups is 2. The maximum absolute atomic E-state index is 12.1. The number of imidazole rings is 1. The second kappa shape index (κ2) is 6.21. The zero-order valence-electron chi connectivity index (χ0n) is 11.7. The summed E-state index contributed by atoms with van der Waals surface area (Å²) in [4.78, 5) is 29.9. The third-order valence-electron chi connectivity index (χ3n) is 2.92. The molecule has 0 aromatic carbocycles. The van der Waals surface area contributed by atoms with Crippen molar-refractivity contribution in [2.24, 2.45) is 13.0 Å². The molecule has 1 atom stereocenters. The molecule has 0 radical (unpaired) electrons. The number of amides is 2. The number of aliphatic carboxylic acids is 1. The number of aromatic nitrogens is 2. The van der Waals surface area contributed by atoms with Crippen molar-refractivity contribution in [1.29, 1.82) is 0 Å². The minimum atomic E-state index is -0.911. The SMILES string of the molecule is CC(CN(C)C(=O)N(C)Cc1nccn1C)C(=O)O. The van der Waals surface area contributed by atoms with Gasteiger partial charge in [-0.05, 0) is 0 Å². The molecule has 0 aliphatic carbocycles. The molecule has 0 bridgehead atoms. The van der Waals surface area contributed by atoms with Gasteiger partial charge in [-0.1, -0.05) is 6.92 Å². The predicted octanol–water partition coefficient (Wildman–Crippen LogP) is 0.624. The van der Waals surface area contributed by atoms with E-state index in [1.54, 1.807) is 27.2 Å². The fourth-order valence-corrected chi connectivity index (χ4v) is 1.69. The summed E-state index contributed by atoms with van der Waals surface area (Å²) in [6.07, 6.45) is 3.48. The average Bonchev–Trinajstić information content (AvgIpc) is 2.73. The zero-order chi connectivity index (χ0) is 14.6. The van der Waals surface area contributed by atoms with Gasteiger partial charge in [0, 0.05) is 40.1 Å². The molecule has 2 amide bonds. The van der Waals surface area contributed by atoms with Crippen molar-refractivity contribution in [1.82, 2.24) is 19.4 Å². The van der Waals surface area contributed by atoms with E-state index < -0.39 is 11.9 Å². The molecule has 0 saturated heterocycles. The Hall–Kier alpha value is -2.05. The number of hydrogen-bond donors (Lipinski definition) is 1. The number of urea groups is 1. The number of carbonyl (C=O) groups excluding carboxylic acids is 1. The molecule has 0 aliphatic heterocycles. The van der Waals surface area contributed by atoms with Gasteiger partial charge in [0.15, 0.2) is 0 Å². The van der Waals surface area contributed by atoms with E-state index in [0.29, 0.717) is 6.54 Å². The first-order valence-electron chi connectivity index (χ1n) is 5.98. The molecular formula is C12H20N4O3. The molecule has 1 rings (SSSR count). The van der Waals surface area contributed by atoms with Crippen LogP contribution in [0.3, 0.4) is 0 Å². The molecule has 1 heterocycles. The highest BCUT2D eigenvalue weighted by atomic mass is 16.4. The summed E-state index contributed by atoms with van der Waals surface area (Å²) in [5.41, 5.74) is 0. The van der Waals surface area contributed by atoms with Gasteiger partial charge in [0.1, 0.15) is 5.82 Å². The van der Waals surface area contributed by atoms with Gasteiger partial charge in [-0.25, -0.2) is 9.78 Å². The van der Waals surface area contributed by atoms with Crippen LogP contribution in [0.4, 0.5) is 4.79 Å². The molecule has 0 fully saturated rings. The van der Waals surface area contributed by atoms with E-state index >= 15 is 0 Å². The van der Waals surface area contributed by atoms with Crippen molar-refractivity contribution in [3.63, 3.8) is 0 Å². The van der Waals surface area contributed by atoms with Crippen molar-refractivity contribution in [3.8, 4) is 0 Å². The van der Waals surface area contributed by atoms with Crippen LogP contribution in [-0.2, 0) is 18.4 Å². The van der Waals surface area contributed by atoms with Crippen LogP contribution in [0.25, 0.3) is 0 Å². The maximum atomic E-state index is 12.1. The second-order valence-corrected chi connectivity index (χ2v) is 4.71.